The fourth-order valence-corrected chi connectivity index (χ4v) is 7.00. The van der Waals surface area contributed by atoms with E-state index in [4.69, 9.17) is 4.74 Å². The largest absolute Gasteiger partial charge is 0.489 e. The smallest absolute Gasteiger partial charge is 0.119 e. The Bertz CT molecular complexity index is 856. The normalized spacial score (nSPS) is 24.0. The zero-order valence-electron chi connectivity index (χ0n) is 22.7. The van der Waals surface area contributed by atoms with E-state index in [2.05, 4.69) is 115 Å². The number of hydrogen-bond acceptors (Lipinski definition) is 3. The molecule has 2 heterocycles. The second-order valence-corrected chi connectivity index (χ2v) is 13.6. The molecule has 3 heteroatoms. The van der Waals surface area contributed by atoms with Crippen LogP contribution in [0.4, 0.5) is 0 Å². The zero-order valence-corrected chi connectivity index (χ0v) is 22.7. The molecule has 2 N–H and O–H groups in total. The van der Waals surface area contributed by atoms with Crippen LogP contribution >= 0.6 is 0 Å². The molecule has 0 bridgehead atoms. The fourth-order valence-electron chi connectivity index (χ4n) is 7.00. The minimum absolute atomic E-state index is 0.160. The van der Waals surface area contributed by atoms with E-state index in [1.54, 1.807) is 0 Å². The maximum absolute atomic E-state index is 6.15. The Hall–Kier alpha value is -1.84. The first-order chi connectivity index (χ1) is 15.7. The molecule has 2 aromatic rings. The number of piperidine rings is 2. The third-order valence-electron chi connectivity index (χ3n) is 7.59. The van der Waals surface area contributed by atoms with E-state index in [9.17, 15) is 0 Å². The molecule has 0 radical (unpaired) electrons. The van der Waals surface area contributed by atoms with Gasteiger partial charge in [-0.25, -0.2) is 0 Å². The molecule has 0 unspecified atom stereocenters. The molecule has 186 valence electrons. The Labute approximate surface area is 208 Å². The molecule has 0 aromatic heterocycles. The first kappa shape index (κ1) is 25.3. The van der Waals surface area contributed by atoms with Crippen LogP contribution in [0.3, 0.4) is 0 Å². The van der Waals surface area contributed by atoms with Crippen LogP contribution in [0.25, 0.3) is 0 Å². The molecule has 34 heavy (non-hydrogen) atoms. The number of benzene rings is 2. The Morgan fingerprint density at radius 2 is 0.941 bits per heavy atom. The van der Waals surface area contributed by atoms with Gasteiger partial charge in [-0.15, -0.1) is 0 Å². The summed E-state index contributed by atoms with van der Waals surface area (Å²) in [5, 5.41) is 7.58. The topological polar surface area (TPSA) is 33.3 Å². The Morgan fingerprint density at radius 1 is 0.588 bits per heavy atom. The van der Waals surface area contributed by atoms with Crippen molar-refractivity contribution in [2.45, 2.75) is 122 Å². The summed E-state index contributed by atoms with van der Waals surface area (Å²) < 4.78 is 6.15. The van der Waals surface area contributed by atoms with Gasteiger partial charge in [0, 0.05) is 22.2 Å². The number of hydrogen-bond donors (Lipinski definition) is 2. The van der Waals surface area contributed by atoms with E-state index >= 15 is 0 Å². The number of ether oxygens (including phenoxy) is 1. The van der Waals surface area contributed by atoms with Crippen LogP contribution < -0.4 is 15.4 Å². The van der Waals surface area contributed by atoms with Gasteiger partial charge in [0.1, 0.15) is 12.4 Å². The minimum atomic E-state index is 0.160. The molecule has 4 rings (SSSR count). The summed E-state index contributed by atoms with van der Waals surface area (Å²) in [5.74, 6) is 2.12. The highest BCUT2D eigenvalue weighted by atomic mass is 16.5. The fraction of sp³-hybridized carbons (Fsp3) is 0.613. The molecule has 3 nitrogen and oxygen atoms in total. The van der Waals surface area contributed by atoms with Crippen molar-refractivity contribution in [1.29, 1.82) is 0 Å². The van der Waals surface area contributed by atoms with E-state index in [0.29, 0.717) is 18.4 Å². The first-order valence-corrected chi connectivity index (χ1v) is 13.1. The van der Waals surface area contributed by atoms with Gasteiger partial charge in [-0.3, -0.25) is 0 Å². The maximum Gasteiger partial charge on any atom is 0.119 e. The van der Waals surface area contributed by atoms with Crippen LogP contribution in [0.15, 0.2) is 48.5 Å². The van der Waals surface area contributed by atoms with E-state index in [1.807, 2.05) is 0 Å². The monoisotopic (exact) mass is 462 g/mol. The molecule has 2 fully saturated rings. The van der Waals surface area contributed by atoms with E-state index < -0.39 is 0 Å². The van der Waals surface area contributed by atoms with Crippen LogP contribution in [0.2, 0.25) is 0 Å². The van der Waals surface area contributed by atoms with Crippen LogP contribution in [-0.4, -0.2) is 22.2 Å². The van der Waals surface area contributed by atoms with Gasteiger partial charge < -0.3 is 15.4 Å². The molecule has 2 aliphatic rings. The van der Waals surface area contributed by atoms with Gasteiger partial charge in [0.2, 0.25) is 0 Å². The van der Waals surface area contributed by atoms with E-state index in [-0.39, 0.29) is 22.2 Å². The molecule has 0 aliphatic carbocycles. The predicted octanol–water partition coefficient (Wildman–Crippen LogP) is 7.31. The molecule has 0 amide bonds. The van der Waals surface area contributed by atoms with Gasteiger partial charge in [0.25, 0.3) is 0 Å². The van der Waals surface area contributed by atoms with Gasteiger partial charge >= 0.3 is 0 Å². The van der Waals surface area contributed by atoms with E-state index in [1.165, 1.54) is 29.5 Å². The lowest BCUT2D eigenvalue weighted by Gasteiger charge is -2.46. The van der Waals surface area contributed by atoms with Gasteiger partial charge in [-0.1, -0.05) is 36.4 Å². The lowest BCUT2D eigenvalue weighted by Crippen LogP contribution is -2.57. The van der Waals surface area contributed by atoms with Crippen molar-refractivity contribution < 1.29 is 4.74 Å². The third kappa shape index (κ3) is 6.43. The van der Waals surface area contributed by atoms with Crippen molar-refractivity contribution in [3.63, 3.8) is 0 Å². The quantitative estimate of drug-likeness (QED) is 0.488. The third-order valence-corrected chi connectivity index (χ3v) is 7.59. The summed E-state index contributed by atoms with van der Waals surface area (Å²) in [6.07, 6.45) is 4.66. The summed E-state index contributed by atoms with van der Waals surface area (Å²) in [7, 11) is 0. The van der Waals surface area contributed by atoms with Crippen molar-refractivity contribution >= 4 is 0 Å². The number of nitrogens with one attached hydrogen (secondary N) is 2. The highest BCUT2D eigenvalue weighted by Crippen LogP contribution is 2.40. The lowest BCUT2D eigenvalue weighted by molar-refractivity contribution is 0.161. The van der Waals surface area contributed by atoms with Crippen molar-refractivity contribution in [3.05, 3.63) is 65.2 Å². The molecule has 2 aromatic carbocycles. The summed E-state index contributed by atoms with van der Waals surface area (Å²) in [6, 6.07) is 17.9. The summed E-state index contributed by atoms with van der Waals surface area (Å²) in [4.78, 5) is 0. The van der Waals surface area contributed by atoms with Crippen molar-refractivity contribution in [2.75, 3.05) is 0 Å². The minimum Gasteiger partial charge on any atom is -0.489 e. The van der Waals surface area contributed by atoms with Gasteiger partial charge in [0.15, 0.2) is 0 Å². The Balaban J connectivity index is 1.35. The number of rotatable bonds is 5. The summed E-state index contributed by atoms with van der Waals surface area (Å²) in [6.45, 7) is 19.2. The van der Waals surface area contributed by atoms with Crippen LogP contribution in [-0.2, 0) is 6.61 Å². The molecule has 0 atom stereocenters. The van der Waals surface area contributed by atoms with Crippen molar-refractivity contribution in [2.24, 2.45) is 0 Å². The van der Waals surface area contributed by atoms with Crippen LogP contribution in [0.5, 0.6) is 5.75 Å². The van der Waals surface area contributed by atoms with Crippen molar-refractivity contribution in [1.82, 2.24) is 10.6 Å². The second-order valence-electron chi connectivity index (χ2n) is 13.6. The van der Waals surface area contributed by atoms with Crippen LogP contribution in [0.1, 0.15) is 110 Å². The molecular weight excluding hydrogens is 416 g/mol. The van der Waals surface area contributed by atoms with Gasteiger partial charge in [-0.2, -0.15) is 0 Å². The predicted molar refractivity (Wildman–Crippen MR) is 144 cm³/mol. The lowest BCUT2D eigenvalue weighted by atomic mass is 9.73. The van der Waals surface area contributed by atoms with Gasteiger partial charge in [-0.05, 0) is 122 Å². The molecule has 0 spiro atoms. The summed E-state index contributed by atoms with van der Waals surface area (Å²) >= 11 is 0. The highest BCUT2D eigenvalue weighted by molar-refractivity contribution is 5.32. The average Bonchev–Trinajstić information content (AvgIpc) is 2.68. The second kappa shape index (κ2) is 8.99. The summed E-state index contributed by atoms with van der Waals surface area (Å²) in [5.41, 5.74) is 4.75. The maximum atomic E-state index is 6.15. The SMILES string of the molecule is CC1(C)CC(c2ccc(COc3ccc(C4CC(C)(C)NC(C)(C)C4)cc3)cc2)CC(C)(C)N1. The molecule has 2 aliphatic heterocycles. The van der Waals surface area contributed by atoms with E-state index in [0.717, 1.165) is 18.6 Å². The first-order valence-electron chi connectivity index (χ1n) is 13.1. The van der Waals surface area contributed by atoms with Crippen LogP contribution in [0, 0.1) is 0 Å². The molecule has 0 saturated carbocycles. The average molecular weight is 463 g/mol. The molecule has 2 saturated heterocycles. The standard InChI is InChI=1S/C31H46N2O/c1-28(2)17-25(18-29(3,4)32-28)23-11-9-22(10-12-23)21-34-27-15-13-24(14-16-27)26-19-30(5,6)33-31(7,8)20-26/h9-16,25-26,32-33H,17-21H2,1-8H3. The highest BCUT2D eigenvalue weighted by Gasteiger charge is 2.39. The van der Waals surface area contributed by atoms with Crippen molar-refractivity contribution in [3.8, 4) is 5.75 Å². The zero-order chi connectivity index (χ0) is 24.8. The van der Waals surface area contributed by atoms with Gasteiger partial charge in [0.05, 0.1) is 0 Å². The Kier molecular flexibility index (Phi) is 6.68. The molecular formula is C31H46N2O. The Morgan fingerprint density at radius 3 is 1.32 bits per heavy atom.